The lowest BCUT2D eigenvalue weighted by Crippen LogP contribution is -2.62. The van der Waals surface area contributed by atoms with Gasteiger partial charge in [0.25, 0.3) is 0 Å². The van der Waals surface area contributed by atoms with Gasteiger partial charge in [-0.2, -0.15) is 11.3 Å². The third-order valence-corrected chi connectivity index (χ3v) is 4.78. The second-order valence-electron chi connectivity index (χ2n) is 5.43. The summed E-state index contributed by atoms with van der Waals surface area (Å²) in [5.74, 6) is 0.247. The molecule has 0 radical (unpaired) electrons. The van der Waals surface area contributed by atoms with Crippen molar-refractivity contribution in [2.75, 3.05) is 32.8 Å². The van der Waals surface area contributed by atoms with Crippen molar-refractivity contribution >= 4 is 17.2 Å². The molecule has 0 N–H and O–H groups in total. The summed E-state index contributed by atoms with van der Waals surface area (Å²) in [5.41, 5.74) is 1.13. The summed E-state index contributed by atoms with van der Waals surface area (Å²) < 4.78 is 5.61. The van der Waals surface area contributed by atoms with Gasteiger partial charge in [0.15, 0.2) is 0 Å². The second kappa shape index (κ2) is 5.61. The van der Waals surface area contributed by atoms with E-state index in [0.29, 0.717) is 18.5 Å². The van der Waals surface area contributed by atoms with Crippen LogP contribution >= 0.6 is 11.3 Å². The Balaban J connectivity index is 1.59. The maximum Gasteiger partial charge on any atom is 0.227 e. The maximum absolute atomic E-state index is 12.3. The van der Waals surface area contributed by atoms with E-state index < -0.39 is 0 Å². The third kappa shape index (κ3) is 2.83. The van der Waals surface area contributed by atoms with Crippen LogP contribution in [-0.2, 0) is 16.0 Å². The molecule has 3 heterocycles. The zero-order valence-corrected chi connectivity index (χ0v) is 12.1. The Morgan fingerprint density at radius 2 is 2.37 bits per heavy atom. The molecule has 2 atom stereocenters. The standard InChI is InChI=1S/C14H20N2O2S/c1-11-8-18-9-13-7-15(3-4-16(11)13)14(17)6-12-2-5-19-10-12/h2,5,10-11,13H,3-4,6-9H2,1H3/t11-,13+/m0/s1. The molecule has 1 aromatic heterocycles. The topological polar surface area (TPSA) is 32.8 Å². The lowest BCUT2D eigenvalue weighted by Gasteiger charge is -2.47. The highest BCUT2D eigenvalue weighted by atomic mass is 32.1. The first-order valence-electron chi connectivity index (χ1n) is 6.86. The summed E-state index contributed by atoms with van der Waals surface area (Å²) in [6, 6.07) is 2.89. The van der Waals surface area contributed by atoms with Crippen LogP contribution in [0.3, 0.4) is 0 Å². The van der Waals surface area contributed by atoms with Gasteiger partial charge in [0.05, 0.1) is 25.7 Å². The molecule has 0 bridgehead atoms. The third-order valence-electron chi connectivity index (χ3n) is 4.05. The van der Waals surface area contributed by atoms with E-state index in [0.717, 1.165) is 38.4 Å². The number of hydrogen-bond donors (Lipinski definition) is 0. The van der Waals surface area contributed by atoms with Crippen LogP contribution in [0.15, 0.2) is 16.8 Å². The van der Waals surface area contributed by atoms with E-state index in [1.54, 1.807) is 11.3 Å². The molecule has 2 aliphatic rings. The van der Waals surface area contributed by atoms with E-state index in [9.17, 15) is 4.79 Å². The van der Waals surface area contributed by atoms with Crippen LogP contribution in [-0.4, -0.2) is 60.6 Å². The number of amides is 1. The first-order chi connectivity index (χ1) is 9.24. The van der Waals surface area contributed by atoms with Crippen molar-refractivity contribution in [3.05, 3.63) is 22.4 Å². The number of ether oxygens (including phenoxy) is 1. The van der Waals surface area contributed by atoms with Gasteiger partial charge in [0.1, 0.15) is 0 Å². The van der Waals surface area contributed by atoms with Crippen LogP contribution in [0.4, 0.5) is 0 Å². The molecule has 2 fully saturated rings. The fourth-order valence-electron chi connectivity index (χ4n) is 2.97. The number of fused-ring (bicyclic) bond motifs is 1. The van der Waals surface area contributed by atoms with E-state index in [2.05, 4.69) is 17.2 Å². The summed E-state index contributed by atoms with van der Waals surface area (Å²) in [6.07, 6.45) is 0.534. The highest BCUT2D eigenvalue weighted by Gasteiger charge is 2.34. The smallest absolute Gasteiger partial charge is 0.227 e. The molecule has 104 valence electrons. The Bertz CT molecular complexity index is 435. The van der Waals surface area contributed by atoms with Crippen LogP contribution in [0, 0.1) is 0 Å². The van der Waals surface area contributed by atoms with Crippen molar-refractivity contribution in [2.24, 2.45) is 0 Å². The Labute approximate surface area is 118 Å². The average molecular weight is 280 g/mol. The molecule has 5 heteroatoms. The van der Waals surface area contributed by atoms with Gasteiger partial charge in [0.2, 0.25) is 5.91 Å². The first kappa shape index (κ1) is 13.1. The molecular formula is C14H20N2O2S. The van der Waals surface area contributed by atoms with Crippen molar-refractivity contribution in [3.63, 3.8) is 0 Å². The van der Waals surface area contributed by atoms with Gasteiger partial charge in [-0.3, -0.25) is 9.69 Å². The van der Waals surface area contributed by atoms with Crippen LogP contribution in [0.25, 0.3) is 0 Å². The molecule has 1 aromatic rings. The quantitative estimate of drug-likeness (QED) is 0.816. The Morgan fingerprint density at radius 1 is 1.47 bits per heavy atom. The molecule has 2 aliphatic heterocycles. The van der Waals surface area contributed by atoms with Crippen molar-refractivity contribution in [3.8, 4) is 0 Å². The fourth-order valence-corrected chi connectivity index (χ4v) is 3.64. The van der Waals surface area contributed by atoms with Crippen LogP contribution in [0.5, 0.6) is 0 Å². The number of carbonyl (C=O) groups is 1. The van der Waals surface area contributed by atoms with E-state index in [-0.39, 0.29) is 5.91 Å². The monoisotopic (exact) mass is 280 g/mol. The van der Waals surface area contributed by atoms with Crippen molar-refractivity contribution < 1.29 is 9.53 Å². The van der Waals surface area contributed by atoms with Gasteiger partial charge in [-0.25, -0.2) is 0 Å². The zero-order chi connectivity index (χ0) is 13.2. The zero-order valence-electron chi connectivity index (χ0n) is 11.2. The summed E-state index contributed by atoms with van der Waals surface area (Å²) in [5, 5.41) is 4.08. The Morgan fingerprint density at radius 3 is 3.16 bits per heavy atom. The van der Waals surface area contributed by atoms with E-state index in [1.165, 1.54) is 0 Å². The average Bonchev–Trinajstić information content (AvgIpc) is 2.91. The number of thiophene rings is 1. The minimum Gasteiger partial charge on any atom is -0.378 e. The summed E-state index contributed by atoms with van der Waals surface area (Å²) in [6.45, 7) is 6.42. The predicted molar refractivity (Wildman–Crippen MR) is 75.4 cm³/mol. The molecule has 0 spiro atoms. The Kier molecular flexibility index (Phi) is 3.86. The lowest BCUT2D eigenvalue weighted by atomic mass is 10.1. The van der Waals surface area contributed by atoms with Gasteiger partial charge in [-0.15, -0.1) is 0 Å². The van der Waals surface area contributed by atoms with Crippen molar-refractivity contribution in [1.82, 2.24) is 9.80 Å². The van der Waals surface area contributed by atoms with Gasteiger partial charge in [-0.1, -0.05) is 0 Å². The molecule has 3 rings (SSSR count). The number of morpholine rings is 1. The number of rotatable bonds is 2. The largest absolute Gasteiger partial charge is 0.378 e. The lowest BCUT2D eigenvalue weighted by molar-refractivity contribution is -0.138. The van der Waals surface area contributed by atoms with E-state index >= 15 is 0 Å². The first-order valence-corrected chi connectivity index (χ1v) is 7.80. The van der Waals surface area contributed by atoms with Crippen molar-refractivity contribution in [2.45, 2.75) is 25.4 Å². The second-order valence-corrected chi connectivity index (χ2v) is 6.21. The van der Waals surface area contributed by atoms with Crippen molar-refractivity contribution in [1.29, 1.82) is 0 Å². The van der Waals surface area contributed by atoms with Gasteiger partial charge >= 0.3 is 0 Å². The molecule has 0 aromatic carbocycles. The molecule has 4 nitrogen and oxygen atoms in total. The van der Waals surface area contributed by atoms with Crippen LogP contribution in [0.1, 0.15) is 12.5 Å². The van der Waals surface area contributed by atoms with Crippen LogP contribution < -0.4 is 0 Å². The molecule has 1 amide bonds. The normalized spacial score (nSPS) is 28.2. The number of nitrogens with zero attached hydrogens (tertiary/aromatic N) is 2. The molecular weight excluding hydrogens is 260 g/mol. The minimum absolute atomic E-state index is 0.247. The molecule has 0 saturated carbocycles. The van der Waals surface area contributed by atoms with Crippen LogP contribution in [0.2, 0.25) is 0 Å². The molecule has 0 unspecified atom stereocenters. The summed E-state index contributed by atoms with van der Waals surface area (Å²) in [7, 11) is 0. The van der Waals surface area contributed by atoms with Gasteiger partial charge < -0.3 is 9.64 Å². The predicted octanol–water partition coefficient (Wildman–Crippen LogP) is 1.22. The highest BCUT2D eigenvalue weighted by molar-refractivity contribution is 7.07. The van der Waals surface area contributed by atoms with Gasteiger partial charge in [0, 0.05) is 25.7 Å². The fraction of sp³-hybridized carbons (Fsp3) is 0.643. The van der Waals surface area contributed by atoms with E-state index in [4.69, 9.17) is 4.74 Å². The van der Waals surface area contributed by atoms with Gasteiger partial charge in [-0.05, 0) is 29.3 Å². The minimum atomic E-state index is 0.247. The maximum atomic E-state index is 12.3. The molecule has 0 aliphatic carbocycles. The molecule has 2 saturated heterocycles. The summed E-state index contributed by atoms with van der Waals surface area (Å²) in [4.78, 5) is 16.8. The number of piperazine rings is 1. The number of carbonyl (C=O) groups excluding carboxylic acids is 1. The SMILES string of the molecule is C[C@H]1COC[C@H]2CN(C(=O)Cc3ccsc3)CCN21. The number of hydrogen-bond acceptors (Lipinski definition) is 4. The van der Waals surface area contributed by atoms with E-state index in [1.807, 2.05) is 16.3 Å². The highest BCUT2D eigenvalue weighted by Crippen LogP contribution is 2.19. The Hall–Kier alpha value is -0.910. The molecule has 19 heavy (non-hydrogen) atoms. The summed E-state index contributed by atoms with van der Waals surface area (Å²) >= 11 is 1.65.